The van der Waals surface area contributed by atoms with E-state index in [0.717, 1.165) is 10.7 Å². The summed E-state index contributed by atoms with van der Waals surface area (Å²) in [7, 11) is 1.26. The topological polar surface area (TPSA) is 44.1 Å². The van der Waals surface area contributed by atoms with Crippen LogP contribution in [0.4, 0.5) is 13.2 Å². The van der Waals surface area contributed by atoms with Crippen molar-refractivity contribution in [3.63, 3.8) is 0 Å². The summed E-state index contributed by atoms with van der Waals surface area (Å²) in [5, 5.41) is 3.46. The number of alkyl halides is 3. The van der Waals surface area contributed by atoms with Crippen LogP contribution in [0.2, 0.25) is 0 Å². The molecule has 1 heterocycles. The Morgan fingerprint density at radius 1 is 1.26 bits per heavy atom. The van der Waals surface area contributed by atoms with Crippen molar-refractivity contribution in [1.82, 2.24) is 9.78 Å². The second-order valence-corrected chi connectivity index (χ2v) is 3.69. The summed E-state index contributed by atoms with van der Waals surface area (Å²) in [6.45, 7) is 0. The molecule has 0 atom stereocenters. The van der Waals surface area contributed by atoms with Crippen LogP contribution in [0.3, 0.4) is 0 Å². The molecule has 19 heavy (non-hydrogen) atoms. The molecule has 0 radical (unpaired) electrons. The molecule has 0 saturated heterocycles. The van der Waals surface area contributed by atoms with Gasteiger partial charge in [-0.15, -0.1) is 0 Å². The molecule has 7 heteroatoms. The molecule has 0 aliphatic carbocycles. The van der Waals surface area contributed by atoms with Crippen molar-refractivity contribution >= 4 is 6.29 Å². The number of nitrogens with zero attached hydrogens (tertiary/aromatic N) is 2. The summed E-state index contributed by atoms with van der Waals surface area (Å²) in [6.07, 6.45) is -3.90. The molecule has 0 spiro atoms. The van der Waals surface area contributed by atoms with E-state index in [-0.39, 0.29) is 5.88 Å². The molecule has 0 bridgehead atoms. The predicted molar refractivity (Wildman–Crippen MR) is 60.5 cm³/mol. The third-order valence-electron chi connectivity index (χ3n) is 2.45. The molecule has 2 rings (SSSR count). The Morgan fingerprint density at radius 2 is 1.89 bits per heavy atom. The molecule has 0 aliphatic rings. The van der Waals surface area contributed by atoms with Crippen LogP contribution in [-0.2, 0) is 6.18 Å². The zero-order valence-corrected chi connectivity index (χ0v) is 9.81. The number of rotatable bonds is 3. The van der Waals surface area contributed by atoms with Crippen molar-refractivity contribution in [3.05, 3.63) is 41.6 Å². The third-order valence-corrected chi connectivity index (χ3v) is 2.45. The van der Waals surface area contributed by atoms with Crippen LogP contribution >= 0.6 is 0 Å². The first-order chi connectivity index (χ1) is 8.95. The van der Waals surface area contributed by atoms with Gasteiger partial charge in [-0.3, -0.25) is 4.79 Å². The van der Waals surface area contributed by atoms with E-state index < -0.39 is 11.9 Å². The second-order valence-electron chi connectivity index (χ2n) is 3.69. The molecular formula is C12H9F3N2O2. The van der Waals surface area contributed by atoms with Gasteiger partial charge in [-0.05, 0) is 24.3 Å². The number of ether oxygens (including phenoxy) is 1. The van der Waals surface area contributed by atoms with Gasteiger partial charge in [0.2, 0.25) is 5.88 Å². The second kappa shape index (κ2) is 4.75. The van der Waals surface area contributed by atoms with Gasteiger partial charge in [0.05, 0.1) is 12.8 Å². The minimum atomic E-state index is -4.54. The van der Waals surface area contributed by atoms with E-state index in [1.165, 1.54) is 31.4 Å². The van der Waals surface area contributed by atoms with Crippen LogP contribution in [0.15, 0.2) is 30.3 Å². The van der Waals surface area contributed by atoms with Crippen LogP contribution < -0.4 is 4.74 Å². The molecule has 0 N–H and O–H groups in total. The first-order valence-electron chi connectivity index (χ1n) is 5.22. The number of methoxy groups -OCH3 is 1. The summed E-state index contributed by atoms with van der Waals surface area (Å²) < 4.78 is 43.6. The summed E-state index contributed by atoms with van der Waals surface area (Å²) in [5.74, 6) is -0.0359. The summed E-state index contributed by atoms with van der Waals surface area (Å²) in [6, 6.07) is 6.75. The number of benzene rings is 1. The lowest BCUT2D eigenvalue weighted by atomic mass is 10.2. The van der Waals surface area contributed by atoms with Crippen molar-refractivity contribution in [2.24, 2.45) is 0 Å². The summed E-state index contributed by atoms with van der Waals surface area (Å²) >= 11 is 0. The smallest absolute Gasteiger partial charge is 0.435 e. The first-order valence-corrected chi connectivity index (χ1v) is 5.22. The van der Waals surface area contributed by atoms with Gasteiger partial charge < -0.3 is 4.74 Å². The van der Waals surface area contributed by atoms with Crippen molar-refractivity contribution in [2.75, 3.05) is 7.11 Å². The number of aldehydes is 1. The van der Waals surface area contributed by atoms with Crippen molar-refractivity contribution in [1.29, 1.82) is 0 Å². The molecule has 0 saturated carbocycles. The highest BCUT2D eigenvalue weighted by Gasteiger charge is 2.35. The first kappa shape index (κ1) is 13.1. The van der Waals surface area contributed by atoms with Gasteiger partial charge >= 0.3 is 6.18 Å². The molecule has 1 aromatic heterocycles. The maximum Gasteiger partial charge on any atom is 0.435 e. The van der Waals surface area contributed by atoms with Crippen LogP contribution in [0.25, 0.3) is 5.69 Å². The minimum Gasteiger partial charge on any atom is -0.481 e. The fourth-order valence-corrected chi connectivity index (χ4v) is 1.53. The normalized spacial score (nSPS) is 11.4. The zero-order chi connectivity index (χ0) is 14.0. The molecule has 4 nitrogen and oxygen atoms in total. The Hall–Kier alpha value is -2.31. The van der Waals surface area contributed by atoms with Crippen molar-refractivity contribution < 1.29 is 22.7 Å². The van der Waals surface area contributed by atoms with Gasteiger partial charge in [0.1, 0.15) is 6.29 Å². The van der Waals surface area contributed by atoms with Crippen molar-refractivity contribution in [3.8, 4) is 11.6 Å². The highest BCUT2D eigenvalue weighted by atomic mass is 19.4. The summed E-state index contributed by atoms with van der Waals surface area (Å²) in [5.41, 5.74) is -0.243. The average Bonchev–Trinajstić information content (AvgIpc) is 2.83. The van der Waals surface area contributed by atoms with E-state index in [4.69, 9.17) is 4.74 Å². The van der Waals surface area contributed by atoms with Gasteiger partial charge in [-0.2, -0.15) is 18.3 Å². The molecule has 0 unspecified atom stereocenters. The van der Waals surface area contributed by atoms with Gasteiger partial charge in [0, 0.05) is 11.6 Å². The minimum absolute atomic E-state index is 0.0359. The molecule has 100 valence electrons. The fraction of sp³-hybridized carbons (Fsp3) is 0.167. The van der Waals surface area contributed by atoms with Gasteiger partial charge in [-0.25, -0.2) is 4.68 Å². The Bertz CT molecular complexity index is 588. The van der Waals surface area contributed by atoms with E-state index in [2.05, 4.69) is 5.10 Å². The average molecular weight is 270 g/mol. The lowest BCUT2D eigenvalue weighted by molar-refractivity contribution is -0.141. The largest absolute Gasteiger partial charge is 0.481 e. The Balaban J connectivity index is 2.48. The number of hydrogen-bond acceptors (Lipinski definition) is 3. The number of hydrogen-bond donors (Lipinski definition) is 0. The molecular weight excluding hydrogens is 261 g/mol. The van der Waals surface area contributed by atoms with Crippen molar-refractivity contribution in [2.45, 2.75) is 6.18 Å². The zero-order valence-electron chi connectivity index (χ0n) is 9.81. The van der Waals surface area contributed by atoms with E-state index in [9.17, 15) is 18.0 Å². The number of carbonyl (C=O) groups excluding carboxylic acids is 1. The Morgan fingerprint density at radius 3 is 2.37 bits per heavy atom. The van der Waals surface area contributed by atoms with Crippen LogP contribution in [0.5, 0.6) is 5.88 Å². The fourth-order valence-electron chi connectivity index (χ4n) is 1.53. The number of aromatic nitrogens is 2. The van der Waals surface area contributed by atoms with Gasteiger partial charge in [-0.1, -0.05) is 0 Å². The van der Waals surface area contributed by atoms with Crippen LogP contribution in [0.1, 0.15) is 16.1 Å². The lowest BCUT2D eigenvalue weighted by Crippen LogP contribution is -2.07. The Labute approximate surface area is 106 Å². The lowest BCUT2D eigenvalue weighted by Gasteiger charge is -2.05. The molecule has 2 aromatic rings. The molecule has 0 fully saturated rings. The quantitative estimate of drug-likeness (QED) is 0.805. The van der Waals surface area contributed by atoms with E-state index in [1.807, 2.05) is 0 Å². The standard InChI is InChI=1S/C12H9F3N2O2/c1-19-11-6-10(12(13,14)15)16-17(11)9-4-2-8(7-18)3-5-9/h2-7H,1H3. The third kappa shape index (κ3) is 2.59. The van der Waals surface area contributed by atoms with Crippen LogP contribution in [0, 0.1) is 0 Å². The maximum atomic E-state index is 12.6. The molecule has 1 aromatic carbocycles. The highest BCUT2D eigenvalue weighted by molar-refractivity contribution is 5.75. The SMILES string of the molecule is COc1cc(C(F)(F)F)nn1-c1ccc(C=O)cc1. The number of carbonyl (C=O) groups is 1. The predicted octanol–water partition coefficient (Wildman–Crippen LogP) is 2.71. The number of halogens is 3. The summed E-state index contributed by atoms with van der Waals surface area (Å²) in [4.78, 5) is 10.5. The highest BCUT2D eigenvalue weighted by Crippen LogP contribution is 2.31. The van der Waals surface area contributed by atoms with Gasteiger partial charge in [0.25, 0.3) is 0 Å². The van der Waals surface area contributed by atoms with E-state index >= 15 is 0 Å². The molecule has 0 amide bonds. The molecule has 0 aliphatic heterocycles. The Kier molecular flexibility index (Phi) is 3.28. The van der Waals surface area contributed by atoms with E-state index in [0.29, 0.717) is 17.5 Å². The maximum absolute atomic E-state index is 12.6. The van der Waals surface area contributed by atoms with Crippen LogP contribution in [-0.4, -0.2) is 23.2 Å². The monoisotopic (exact) mass is 270 g/mol. The van der Waals surface area contributed by atoms with Gasteiger partial charge in [0.15, 0.2) is 5.69 Å². The van der Waals surface area contributed by atoms with E-state index in [1.54, 1.807) is 0 Å².